The van der Waals surface area contributed by atoms with Gasteiger partial charge in [-0.25, -0.2) is 0 Å². The molecule has 180 valence electrons. The highest BCUT2D eigenvalue weighted by atomic mass is 35.5. The molecule has 0 atom stereocenters. The van der Waals surface area contributed by atoms with Crippen LogP contribution in [0.1, 0.15) is 42.9 Å². The average molecular weight is 499 g/mol. The van der Waals surface area contributed by atoms with Crippen LogP contribution in [-0.4, -0.2) is 19.7 Å². The third kappa shape index (κ3) is 6.31. The first-order valence-electron chi connectivity index (χ1n) is 12.0. The molecule has 0 unspecified atom stereocenters. The molecule has 1 heterocycles. The van der Waals surface area contributed by atoms with Crippen LogP contribution in [0.15, 0.2) is 54.6 Å². The zero-order valence-electron chi connectivity index (χ0n) is 19.9. The van der Waals surface area contributed by atoms with Gasteiger partial charge in [-0.2, -0.15) is 0 Å². The lowest BCUT2D eigenvalue weighted by atomic mass is 10.1. The second-order valence-electron chi connectivity index (χ2n) is 8.67. The topological polar surface area (TPSA) is 33.7 Å². The number of hydrogen-bond donors (Lipinski definition) is 1. The van der Waals surface area contributed by atoms with Crippen molar-refractivity contribution < 1.29 is 9.47 Å². The second kappa shape index (κ2) is 11.7. The number of piperidine rings is 1. The normalized spacial score (nSPS) is 13.6. The van der Waals surface area contributed by atoms with Gasteiger partial charge in [-0.15, -0.1) is 0 Å². The minimum absolute atomic E-state index is 0.456. The molecule has 0 amide bonds. The molecular formula is C28H32Cl2N2O2. The van der Waals surface area contributed by atoms with Crippen LogP contribution in [0.4, 0.5) is 11.4 Å². The van der Waals surface area contributed by atoms with Crippen LogP contribution in [-0.2, 0) is 13.2 Å². The molecule has 0 saturated carbocycles. The van der Waals surface area contributed by atoms with Gasteiger partial charge in [0, 0.05) is 36.4 Å². The molecule has 4 rings (SSSR count). The lowest BCUT2D eigenvalue weighted by Crippen LogP contribution is -2.29. The number of halogens is 2. The van der Waals surface area contributed by atoms with E-state index in [1.54, 1.807) is 0 Å². The molecule has 34 heavy (non-hydrogen) atoms. The molecule has 1 saturated heterocycles. The number of benzene rings is 3. The van der Waals surface area contributed by atoms with Gasteiger partial charge in [-0.05, 0) is 68.5 Å². The van der Waals surface area contributed by atoms with Crippen LogP contribution < -0.4 is 19.7 Å². The second-order valence-corrected chi connectivity index (χ2v) is 9.48. The summed E-state index contributed by atoms with van der Waals surface area (Å²) in [5, 5.41) is 4.84. The number of anilines is 2. The SMILES string of the molecule is CCOc1cc(CNc2ccc(N3CCCCC3)c(Cl)c2)c(Cl)cc1OCc1cccc(C)c1. The molecular weight excluding hydrogens is 467 g/mol. The zero-order valence-corrected chi connectivity index (χ0v) is 21.4. The Labute approximate surface area is 212 Å². The van der Waals surface area contributed by atoms with E-state index < -0.39 is 0 Å². The molecule has 1 fully saturated rings. The molecule has 1 N–H and O–H groups in total. The van der Waals surface area contributed by atoms with E-state index in [9.17, 15) is 0 Å². The molecule has 0 aromatic heterocycles. The first-order valence-corrected chi connectivity index (χ1v) is 12.7. The van der Waals surface area contributed by atoms with E-state index in [2.05, 4.69) is 47.5 Å². The summed E-state index contributed by atoms with van der Waals surface area (Å²) in [5.74, 6) is 1.33. The molecule has 1 aliphatic rings. The Kier molecular flexibility index (Phi) is 8.47. The van der Waals surface area contributed by atoms with E-state index in [0.717, 1.165) is 40.6 Å². The maximum Gasteiger partial charge on any atom is 0.163 e. The molecule has 4 nitrogen and oxygen atoms in total. The predicted octanol–water partition coefficient (Wildman–Crippen LogP) is 7.88. The highest BCUT2D eigenvalue weighted by Gasteiger charge is 2.15. The Hall–Kier alpha value is -2.56. The number of nitrogens with zero attached hydrogens (tertiary/aromatic N) is 1. The Morgan fingerprint density at radius 3 is 2.41 bits per heavy atom. The van der Waals surface area contributed by atoms with Crippen molar-refractivity contribution in [1.29, 1.82) is 0 Å². The standard InChI is InChI=1S/C28H32Cl2N2O2/c1-3-33-27-15-22(24(29)17-28(27)34-19-21-9-7-8-20(2)14-21)18-31-23-10-11-26(25(30)16-23)32-12-5-4-6-13-32/h7-11,14-17,31H,3-6,12-13,18-19H2,1-2H3. The Morgan fingerprint density at radius 1 is 0.882 bits per heavy atom. The summed E-state index contributed by atoms with van der Waals surface area (Å²) in [7, 11) is 0. The molecule has 6 heteroatoms. The fourth-order valence-corrected chi connectivity index (χ4v) is 4.78. The van der Waals surface area contributed by atoms with Crippen LogP contribution in [0, 0.1) is 6.92 Å². The molecule has 3 aromatic carbocycles. The number of rotatable bonds is 9. The van der Waals surface area contributed by atoms with Crippen molar-refractivity contribution in [3.8, 4) is 11.5 Å². The first-order chi connectivity index (χ1) is 16.5. The molecule has 3 aromatic rings. The summed E-state index contributed by atoms with van der Waals surface area (Å²) in [6, 6.07) is 18.2. The van der Waals surface area contributed by atoms with Gasteiger partial charge in [0.15, 0.2) is 11.5 Å². The highest BCUT2D eigenvalue weighted by molar-refractivity contribution is 6.33. The van der Waals surface area contributed by atoms with E-state index in [4.69, 9.17) is 32.7 Å². The maximum absolute atomic E-state index is 6.62. The highest BCUT2D eigenvalue weighted by Crippen LogP contribution is 2.35. The Morgan fingerprint density at radius 2 is 1.68 bits per heavy atom. The van der Waals surface area contributed by atoms with Crippen LogP contribution in [0.5, 0.6) is 11.5 Å². The monoisotopic (exact) mass is 498 g/mol. The third-order valence-electron chi connectivity index (χ3n) is 6.02. The number of nitrogens with one attached hydrogen (secondary N) is 1. The van der Waals surface area contributed by atoms with Crippen LogP contribution in [0.25, 0.3) is 0 Å². The quantitative estimate of drug-likeness (QED) is 0.325. The molecule has 0 radical (unpaired) electrons. The van der Waals surface area contributed by atoms with Crippen molar-refractivity contribution in [2.75, 3.05) is 29.9 Å². The minimum Gasteiger partial charge on any atom is -0.490 e. The van der Waals surface area contributed by atoms with Crippen molar-refractivity contribution in [3.05, 3.63) is 81.3 Å². The molecule has 0 bridgehead atoms. The third-order valence-corrected chi connectivity index (χ3v) is 6.67. The van der Waals surface area contributed by atoms with Gasteiger partial charge in [0.2, 0.25) is 0 Å². The summed E-state index contributed by atoms with van der Waals surface area (Å²) >= 11 is 13.2. The van der Waals surface area contributed by atoms with E-state index in [1.165, 1.54) is 24.8 Å². The van der Waals surface area contributed by atoms with E-state index in [1.807, 2.05) is 31.2 Å². The molecule has 1 aliphatic heterocycles. The minimum atomic E-state index is 0.456. The maximum atomic E-state index is 6.62. The van der Waals surface area contributed by atoms with Gasteiger partial charge in [-0.1, -0.05) is 53.0 Å². The summed E-state index contributed by atoms with van der Waals surface area (Å²) in [5.41, 5.74) is 5.31. The first kappa shape index (κ1) is 24.6. The summed E-state index contributed by atoms with van der Waals surface area (Å²) < 4.78 is 11.9. The lowest BCUT2D eigenvalue weighted by Gasteiger charge is -2.29. The van der Waals surface area contributed by atoms with Gasteiger partial charge in [-0.3, -0.25) is 0 Å². The van der Waals surface area contributed by atoms with Crippen molar-refractivity contribution in [1.82, 2.24) is 0 Å². The van der Waals surface area contributed by atoms with Gasteiger partial charge >= 0.3 is 0 Å². The van der Waals surface area contributed by atoms with Crippen LogP contribution >= 0.6 is 23.2 Å². The fraction of sp³-hybridized carbons (Fsp3) is 0.357. The van der Waals surface area contributed by atoms with Crippen molar-refractivity contribution in [2.45, 2.75) is 46.3 Å². The van der Waals surface area contributed by atoms with Crippen LogP contribution in [0.2, 0.25) is 10.0 Å². The Bertz CT molecular complexity index is 1110. The average Bonchev–Trinajstić information content (AvgIpc) is 2.84. The van der Waals surface area contributed by atoms with Gasteiger partial charge in [0.25, 0.3) is 0 Å². The zero-order chi connectivity index (χ0) is 23.9. The van der Waals surface area contributed by atoms with Gasteiger partial charge in [0.05, 0.1) is 17.3 Å². The van der Waals surface area contributed by atoms with Gasteiger partial charge < -0.3 is 19.7 Å². The van der Waals surface area contributed by atoms with Crippen LogP contribution in [0.3, 0.4) is 0 Å². The smallest absolute Gasteiger partial charge is 0.163 e. The largest absolute Gasteiger partial charge is 0.490 e. The van der Waals surface area contributed by atoms with Crippen molar-refractivity contribution in [3.63, 3.8) is 0 Å². The number of aryl methyl sites for hydroxylation is 1. The van der Waals surface area contributed by atoms with Crippen molar-refractivity contribution >= 4 is 34.6 Å². The summed E-state index contributed by atoms with van der Waals surface area (Å²) in [4.78, 5) is 2.37. The molecule has 0 spiro atoms. The van der Waals surface area contributed by atoms with Crippen molar-refractivity contribution in [2.24, 2.45) is 0 Å². The number of ether oxygens (including phenoxy) is 2. The van der Waals surface area contributed by atoms with E-state index in [-0.39, 0.29) is 0 Å². The summed E-state index contributed by atoms with van der Waals surface area (Å²) in [6.45, 7) is 7.73. The molecule has 0 aliphatic carbocycles. The number of hydrogen-bond acceptors (Lipinski definition) is 4. The summed E-state index contributed by atoms with van der Waals surface area (Å²) in [6.07, 6.45) is 3.75. The predicted molar refractivity (Wildman–Crippen MR) is 143 cm³/mol. The van der Waals surface area contributed by atoms with E-state index in [0.29, 0.717) is 36.3 Å². The Balaban J connectivity index is 1.44. The van der Waals surface area contributed by atoms with Gasteiger partial charge in [0.1, 0.15) is 6.61 Å². The van der Waals surface area contributed by atoms with E-state index >= 15 is 0 Å². The lowest BCUT2D eigenvalue weighted by molar-refractivity contribution is 0.269. The fourth-order valence-electron chi connectivity index (χ4n) is 4.26.